The monoisotopic (exact) mass is 486 g/mol. The van der Waals surface area contributed by atoms with Crippen molar-refractivity contribution in [3.63, 3.8) is 0 Å². The van der Waals surface area contributed by atoms with Crippen LogP contribution >= 0.6 is 24.0 Å². The molecule has 5 nitrogen and oxygen atoms in total. The summed E-state index contributed by atoms with van der Waals surface area (Å²) in [6.07, 6.45) is 5.55. The number of benzene rings is 1. The molecule has 1 aliphatic heterocycles. The van der Waals surface area contributed by atoms with E-state index in [0.717, 1.165) is 45.3 Å². The summed E-state index contributed by atoms with van der Waals surface area (Å²) < 4.78 is 0. The van der Waals surface area contributed by atoms with Crippen LogP contribution in [0.5, 0.6) is 0 Å². The van der Waals surface area contributed by atoms with Gasteiger partial charge in [0.15, 0.2) is 5.96 Å². The van der Waals surface area contributed by atoms with Crippen LogP contribution in [0.4, 0.5) is 0 Å². The van der Waals surface area contributed by atoms with Gasteiger partial charge >= 0.3 is 0 Å². The Morgan fingerprint density at radius 3 is 2.37 bits per heavy atom. The highest BCUT2D eigenvalue weighted by Gasteiger charge is 2.16. The van der Waals surface area contributed by atoms with E-state index in [1.165, 1.54) is 17.5 Å². The fourth-order valence-corrected chi connectivity index (χ4v) is 3.20. The van der Waals surface area contributed by atoms with E-state index in [2.05, 4.69) is 53.7 Å². The molecule has 0 atom stereocenters. The number of halogens is 1. The molecule has 0 radical (unpaired) electrons. The van der Waals surface area contributed by atoms with E-state index in [4.69, 9.17) is 0 Å². The summed E-state index contributed by atoms with van der Waals surface area (Å²) in [5, 5.41) is 6.43. The van der Waals surface area contributed by atoms with Crippen molar-refractivity contribution < 1.29 is 4.79 Å². The maximum atomic E-state index is 12.2. The molecule has 0 saturated carbocycles. The van der Waals surface area contributed by atoms with E-state index in [1.807, 2.05) is 4.90 Å². The maximum absolute atomic E-state index is 12.2. The molecule has 152 valence electrons. The Kier molecular flexibility index (Phi) is 11.4. The van der Waals surface area contributed by atoms with Crippen LogP contribution in [0.3, 0.4) is 0 Å². The Balaban J connectivity index is 0.00000364. The first kappa shape index (κ1) is 23.7. The van der Waals surface area contributed by atoms with Gasteiger partial charge in [0, 0.05) is 26.7 Å². The van der Waals surface area contributed by atoms with Gasteiger partial charge in [-0.2, -0.15) is 0 Å². The first-order valence-electron chi connectivity index (χ1n) is 9.91. The second-order valence-electron chi connectivity index (χ2n) is 7.29. The quantitative estimate of drug-likeness (QED) is 0.268. The smallest absolute Gasteiger partial charge is 0.241 e. The van der Waals surface area contributed by atoms with Gasteiger partial charge in [-0.3, -0.25) is 9.79 Å². The normalized spacial score (nSPS) is 14.7. The number of amides is 1. The molecule has 2 rings (SSSR count). The molecule has 1 heterocycles. The molecule has 1 fully saturated rings. The third-order valence-electron chi connectivity index (χ3n) is 4.92. The van der Waals surface area contributed by atoms with Gasteiger partial charge in [0.25, 0.3) is 0 Å². The minimum absolute atomic E-state index is 0. The van der Waals surface area contributed by atoms with Gasteiger partial charge in [0.2, 0.25) is 5.91 Å². The molecule has 0 unspecified atom stereocenters. The van der Waals surface area contributed by atoms with E-state index in [-0.39, 0.29) is 29.9 Å². The number of piperidine rings is 1. The predicted molar refractivity (Wildman–Crippen MR) is 124 cm³/mol. The fraction of sp³-hybridized carbons (Fsp3) is 0.619. The number of likely N-dealkylation sites (tertiary alicyclic amines) is 1. The van der Waals surface area contributed by atoms with Gasteiger partial charge in [-0.15, -0.1) is 24.0 Å². The van der Waals surface area contributed by atoms with Crippen LogP contribution in [0.2, 0.25) is 0 Å². The van der Waals surface area contributed by atoms with Crippen LogP contribution in [0.1, 0.15) is 56.6 Å². The minimum Gasteiger partial charge on any atom is -0.356 e. The Morgan fingerprint density at radius 1 is 1.11 bits per heavy atom. The summed E-state index contributed by atoms with van der Waals surface area (Å²) in [7, 11) is 1.74. The first-order valence-corrected chi connectivity index (χ1v) is 9.91. The summed E-state index contributed by atoms with van der Waals surface area (Å²) in [4.78, 5) is 18.3. The van der Waals surface area contributed by atoms with Crippen molar-refractivity contribution in [3.8, 4) is 0 Å². The van der Waals surface area contributed by atoms with Crippen LogP contribution in [-0.2, 0) is 11.2 Å². The van der Waals surface area contributed by atoms with Crippen molar-refractivity contribution in [2.75, 3.05) is 33.2 Å². The van der Waals surface area contributed by atoms with E-state index in [0.29, 0.717) is 18.4 Å². The number of nitrogens with zero attached hydrogens (tertiary/aromatic N) is 2. The van der Waals surface area contributed by atoms with Gasteiger partial charge < -0.3 is 15.5 Å². The van der Waals surface area contributed by atoms with Gasteiger partial charge in [-0.1, -0.05) is 38.1 Å². The standard InChI is InChI=1S/C21H34N4O.HI/c1-17(2)19-11-9-18(10-12-19)8-7-13-23-21(22-3)24-16-20(26)25-14-5-4-6-15-25;/h9-12,17H,4-8,13-16H2,1-3H3,(H2,22,23,24);1H. The van der Waals surface area contributed by atoms with Crippen molar-refractivity contribution in [1.82, 2.24) is 15.5 Å². The molecule has 1 aliphatic rings. The Labute approximate surface area is 181 Å². The van der Waals surface area contributed by atoms with Crippen LogP contribution in [0, 0.1) is 0 Å². The molecule has 0 spiro atoms. The molecule has 0 aliphatic carbocycles. The number of carbonyl (C=O) groups excluding carboxylic acids is 1. The summed E-state index contributed by atoms with van der Waals surface area (Å²) >= 11 is 0. The molecule has 6 heteroatoms. The average Bonchev–Trinajstić information content (AvgIpc) is 2.68. The second kappa shape index (κ2) is 13.0. The van der Waals surface area contributed by atoms with E-state index >= 15 is 0 Å². The third kappa shape index (κ3) is 8.49. The zero-order valence-corrected chi connectivity index (χ0v) is 19.3. The Hall–Kier alpha value is -1.31. The number of aryl methyl sites for hydroxylation is 1. The van der Waals surface area contributed by atoms with Crippen LogP contribution in [-0.4, -0.2) is 50.0 Å². The van der Waals surface area contributed by atoms with Crippen molar-refractivity contribution >= 4 is 35.8 Å². The van der Waals surface area contributed by atoms with Crippen molar-refractivity contribution in [3.05, 3.63) is 35.4 Å². The van der Waals surface area contributed by atoms with Crippen molar-refractivity contribution in [2.24, 2.45) is 4.99 Å². The molecule has 1 aromatic rings. The molecule has 1 saturated heterocycles. The highest BCUT2D eigenvalue weighted by atomic mass is 127. The van der Waals surface area contributed by atoms with E-state index in [1.54, 1.807) is 7.05 Å². The second-order valence-corrected chi connectivity index (χ2v) is 7.29. The molecule has 0 bridgehead atoms. The molecule has 2 N–H and O–H groups in total. The number of aliphatic imine (C=N–C) groups is 1. The van der Waals surface area contributed by atoms with E-state index in [9.17, 15) is 4.79 Å². The molecule has 1 amide bonds. The molecule has 27 heavy (non-hydrogen) atoms. The number of guanidine groups is 1. The summed E-state index contributed by atoms with van der Waals surface area (Å²) in [5.41, 5.74) is 2.74. The summed E-state index contributed by atoms with van der Waals surface area (Å²) in [6.45, 7) is 7.37. The number of hydrogen-bond donors (Lipinski definition) is 2. The number of rotatable bonds is 7. The van der Waals surface area contributed by atoms with Crippen LogP contribution in [0.25, 0.3) is 0 Å². The molecular weight excluding hydrogens is 451 g/mol. The molecule has 0 aromatic heterocycles. The Bertz CT molecular complexity index is 580. The predicted octanol–water partition coefficient (Wildman–Crippen LogP) is 3.54. The molecular formula is C21H35IN4O. The third-order valence-corrected chi connectivity index (χ3v) is 4.92. The average molecular weight is 486 g/mol. The zero-order valence-electron chi connectivity index (χ0n) is 17.0. The topological polar surface area (TPSA) is 56.7 Å². The van der Waals surface area contributed by atoms with Crippen LogP contribution < -0.4 is 10.6 Å². The number of carbonyl (C=O) groups is 1. The largest absolute Gasteiger partial charge is 0.356 e. The van der Waals surface area contributed by atoms with Crippen molar-refractivity contribution in [1.29, 1.82) is 0 Å². The van der Waals surface area contributed by atoms with Gasteiger partial charge in [0.1, 0.15) is 0 Å². The number of nitrogens with one attached hydrogen (secondary N) is 2. The lowest BCUT2D eigenvalue weighted by Gasteiger charge is -2.27. The van der Waals surface area contributed by atoms with E-state index < -0.39 is 0 Å². The fourth-order valence-electron chi connectivity index (χ4n) is 3.20. The summed E-state index contributed by atoms with van der Waals surface area (Å²) in [5.74, 6) is 1.44. The van der Waals surface area contributed by atoms with Gasteiger partial charge in [-0.25, -0.2) is 0 Å². The lowest BCUT2D eigenvalue weighted by molar-refractivity contribution is -0.130. The Morgan fingerprint density at radius 2 is 1.78 bits per heavy atom. The lowest BCUT2D eigenvalue weighted by Crippen LogP contribution is -2.46. The number of hydrogen-bond acceptors (Lipinski definition) is 2. The summed E-state index contributed by atoms with van der Waals surface area (Å²) in [6, 6.07) is 8.89. The highest BCUT2D eigenvalue weighted by molar-refractivity contribution is 14.0. The highest BCUT2D eigenvalue weighted by Crippen LogP contribution is 2.15. The van der Waals surface area contributed by atoms with Crippen LogP contribution in [0.15, 0.2) is 29.3 Å². The SMILES string of the molecule is CN=C(NCCCc1ccc(C(C)C)cc1)NCC(=O)N1CCCCC1.I. The maximum Gasteiger partial charge on any atom is 0.241 e. The van der Waals surface area contributed by atoms with Gasteiger partial charge in [-0.05, 0) is 49.1 Å². The van der Waals surface area contributed by atoms with Gasteiger partial charge in [0.05, 0.1) is 6.54 Å². The first-order chi connectivity index (χ1) is 12.6. The van der Waals surface area contributed by atoms with Crippen molar-refractivity contribution in [2.45, 2.75) is 51.9 Å². The minimum atomic E-state index is 0. The lowest BCUT2D eigenvalue weighted by atomic mass is 10.0. The molecule has 1 aromatic carbocycles. The zero-order chi connectivity index (χ0) is 18.8.